The van der Waals surface area contributed by atoms with Gasteiger partial charge in [0.25, 0.3) is 0 Å². The zero-order valence-electron chi connectivity index (χ0n) is 7.17. The second kappa shape index (κ2) is 3.35. The van der Waals surface area contributed by atoms with E-state index in [-0.39, 0.29) is 0 Å². The molecular weight excluding hydrogens is 124 g/mol. The normalized spacial score (nSPS) is 29.4. The van der Waals surface area contributed by atoms with Crippen molar-refractivity contribution < 1.29 is 0 Å². The van der Waals surface area contributed by atoms with Crippen molar-refractivity contribution >= 4 is 0 Å². The van der Waals surface area contributed by atoms with Gasteiger partial charge in [-0.25, -0.2) is 5.32 Å². The first-order chi connectivity index (χ1) is 4.72. The van der Waals surface area contributed by atoms with Crippen LogP contribution in [0.4, 0.5) is 0 Å². The van der Waals surface area contributed by atoms with E-state index in [1.54, 1.807) is 0 Å². The third-order valence-corrected chi connectivity index (χ3v) is 2.26. The summed E-state index contributed by atoms with van der Waals surface area (Å²) < 4.78 is 0. The van der Waals surface area contributed by atoms with Crippen molar-refractivity contribution in [2.24, 2.45) is 5.92 Å². The molecule has 0 amide bonds. The molecule has 1 radical (unpaired) electrons. The minimum Gasteiger partial charge on any atom is -0.301 e. The molecule has 1 heterocycles. The molecule has 1 aliphatic rings. The van der Waals surface area contributed by atoms with Crippen LogP contribution < -0.4 is 5.32 Å². The number of piperazine rings is 1. The molecule has 0 spiro atoms. The van der Waals surface area contributed by atoms with Gasteiger partial charge in [0.1, 0.15) is 0 Å². The summed E-state index contributed by atoms with van der Waals surface area (Å²) in [6.07, 6.45) is 0. The fraction of sp³-hybridized carbons (Fsp3) is 1.00. The van der Waals surface area contributed by atoms with Crippen LogP contribution in [0.5, 0.6) is 0 Å². The standard InChI is InChI=1S/C8H17N2/c1-7(2)8-6-9-4-5-10(8)3/h7-8H,4-6H2,1-3H3. The molecule has 1 aliphatic heterocycles. The summed E-state index contributed by atoms with van der Waals surface area (Å²) in [5.41, 5.74) is 0. The number of nitrogens with zero attached hydrogens (tertiary/aromatic N) is 2. The second-order valence-electron chi connectivity index (χ2n) is 3.42. The lowest BCUT2D eigenvalue weighted by Gasteiger charge is -2.34. The average molecular weight is 141 g/mol. The monoisotopic (exact) mass is 141 g/mol. The van der Waals surface area contributed by atoms with E-state index in [0.717, 1.165) is 25.6 Å². The molecule has 1 unspecified atom stereocenters. The van der Waals surface area contributed by atoms with Crippen LogP contribution in [0, 0.1) is 5.92 Å². The predicted molar refractivity (Wildman–Crippen MR) is 43.1 cm³/mol. The zero-order chi connectivity index (χ0) is 7.56. The molecule has 0 aliphatic carbocycles. The molecule has 0 aromatic rings. The van der Waals surface area contributed by atoms with E-state index in [4.69, 9.17) is 0 Å². The van der Waals surface area contributed by atoms with Crippen molar-refractivity contribution in [2.75, 3.05) is 26.7 Å². The number of hydrogen-bond acceptors (Lipinski definition) is 1. The third kappa shape index (κ3) is 1.70. The Morgan fingerprint density at radius 3 is 2.60 bits per heavy atom. The van der Waals surface area contributed by atoms with Gasteiger partial charge in [-0.15, -0.1) is 0 Å². The smallest absolute Gasteiger partial charge is 0.0292 e. The van der Waals surface area contributed by atoms with Gasteiger partial charge in [-0.2, -0.15) is 0 Å². The van der Waals surface area contributed by atoms with Crippen LogP contribution >= 0.6 is 0 Å². The molecule has 0 aromatic heterocycles. The quantitative estimate of drug-likeness (QED) is 0.521. The minimum absolute atomic E-state index is 0.689. The van der Waals surface area contributed by atoms with E-state index in [1.807, 2.05) is 0 Å². The maximum Gasteiger partial charge on any atom is 0.0292 e. The van der Waals surface area contributed by atoms with Crippen LogP contribution in [-0.4, -0.2) is 37.6 Å². The van der Waals surface area contributed by atoms with E-state index >= 15 is 0 Å². The van der Waals surface area contributed by atoms with Crippen molar-refractivity contribution in [3.63, 3.8) is 0 Å². The SMILES string of the molecule is CC(C)C1C[N]CCN1C. The molecular formula is C8H17N2. The van der Waals surface area contributed by atoms with Crippen LogP contribution in [0.3, 0.4) is 0 Å². The Hall–Kier alpha value is -0.0800. The maximum atomic E-state index is 4.39. The largest absolute Gasteiger partial charge is 0.301 e. The van der Waals surface area contributed by atoms with E-state index in [0.29, 0.717) is 6.04 Å². The molecule has 0 N–H and O–H groups in total. The molecule has 0 aromatic carbocycles. The topological polar surface area (TPSA) is 17.3 Å². The fourth-order valence-electron chi connectivity index (χ4n) is 1.48. The van der Waals surface area contributed by atoms with E-state index in [9.17, 15) is 0 Å². The Bertz CT molecular complexity index is 101. The molecule has 1 rings (SSSR count). The van der Waals surface area contributed by atoms with Crippen LogP contribution in [0.1, 0.15) is 13.8 Å². The predicted octanol–water partition coefficient (Wildman–Crippen LogP) is 0.561. The third-order valence-electron chi connectivity index (χ3n) is 2.26. The van der Waals surface area contributed by atoms with Crippen LogP contribution in [0.15, 0.2) is 0 Å². The van der Waals surface area contributed by atoms with E-state index < -0.39 is 0 Å². The lowest BCUT2D eigenvalue weighted by atomic mass is 10.0. The summed E-state index contributed by atoms with van der Waals surface area (Å²) in [5, 5.41) is 4.39. The van der Waals surface area contributed by atoms with Gasteiger partial charge in [-0.3, -0.25) is 0 Å². The summed E-state index contributed by atoms with van der Waals surface area (Å²) in [6, 6.07) is 0.689. The first-order valence-electron chi connectivity index (χ1n) is 4.05. The maximum absolute atomic E-state index is 4.39. The van der Waals surface area contributed by atoms with E-state index in [1.165, 1.54) is 0 Å². The average Bonchev–Trinajstić information content (AvgIpc) is 1.88. The van der Waals surface area contributed by atoms with Gasteiger partial charge in [-0.1, -0.05) is 13.8 Å². The van der Waals surface area contributed by atoms with Gasteiger partial charge >= 0.3 is 0 Å². The van der Waals surface area contributed by atoms with Crippen LogP contribution in [-0.2, 0) is 0 Å². The molecule has 2 nitrogen and oxygen atoms in total. The number of likely N-dealkylation sites (N-methyl/N-ethyl adjacent to an activating group) is 1. The Morgan fingerprint density at radius 1 is 1.50 bits per heavy atom. The van der Waals surface area contributed by atoms with Gasteiger partial charge in [0.2, 0.25) is 0 Å². The van der Waals surface area contributed by atoms with Crippen molar-refractivity contribution in [3.05, 3.63) is 0 Å². The first kappa shape index (κ1) is 8.02. The first-order valence-corrected chi connectivity index (χ1v) is 4.05. The van der Waals surface area contributed by atoms with Crippen molar-refractivity contribution in [1.29, 1.82) is 0 Å². The molecule has 1 saturated heterocycles. The summed E-state index contributed by atoms with van der Waals surface area (Å²) in [7, 11) is 2.19. The van der Waals surface area contributed by atoms with Gasteiger partial charge in [0.05, 0.1) is 0 Å². The van der Waals surface area contributed by atoms with Gasteiger partial charge in [0.15, 0.2) is 0 Å². The fourth-order valence-corrected chi connectivity index (χ4v) is 1.48. The van der Waals surface area contributed by atoms with Gasteiger partial charge in [0, 0.05) is 25.7 Å². The highest BCUT2D eigenvalue weighted by Crippen LogP contribution is 2.10. The summed E-state index contributed by atoms with van der Waals surface area (Å²) in [5.74, 6) is 0.744. The number of hydrogen-bond donors (Lipinski definition) is 0. The van der Waals surface area contributed by atoms with Crippen molar-refractivity contribution in [1.82, 2.24) is 10.2 Å². The molecule has 0 saturated carbocycles. The lowest BCUT2D eigenvalue weighted by Crippen LogP contribution is -2.48. The van der Waals surface area contributed by atoms with Crippen LogP contribution in [0.2, 0.25) is 0 Å². The summed E-state index contributed by atoms with van der Waals surface area (Å²) >= 11 is 0. The highest BCUT2D eigenvalue weighted by Gasteiger charge is 2.21. The van der Waals surface area contributed by atoms with Gasteiger partial charge in [-0.05, 0) is 13.0 Å². The van der Waals surface area contributed by atoms with Gasteiger partial charge < -0.3 is 4.90 Å². The molecule has 10 heavy (non-hydrogen) atoms. The summed E-state index contributed by atoms with van der Waals surface area (Å²) in [6.45, 7) is 7.74. The van der Waals surface area contributed by atoms with Crippen molar-refractivity contribution in [3.8, 4) is 0 Å². The second-order valence-corrected chi connectivity index (χ2v) is 3.42. The molecule has 59 valence electrons. The van der Waals surface area contributed by atoms with E-state index in [2.05, 4.69) is 31.1 Å². The molecule has 0 bridgehead atoms. The number of rotatable bonds is 1. The minimum atomic E-state index is 0.689. The Kier molecular flexibility index (Phi) is 2.69. The molecule has 1 fully saturated rings. The Balaban J connectivity index is 2.40. The Labute approximate surface area is 63.6 Å². The molecule has 1 atom stereocenters. The Morgan fingerprint density at radius 2 is 2.20 bits per heavy atom. The highest BCUT2D eigenvalue weighted by atomic mass is 15.2. The molecule has 2 heteroatoms. The summed E-state index contributed by atoms with van der Waals surface area (Å²) in [4.78, 5) is 2.41. The van der Waals surface area contributed by atoms with Crippen molar-refractivity contribution in [2.45, 2.75) is 19.9 Å². The lowest BCUT2D eigenvalue weighted by molar-refractivity contribution is 0.155. The van der Waals surface area contributed by atoms with Crippen LogP contribution in [0.25, 0.3) is 0 Å². The highest BCUT2D eigenvalue weighted by molar-refractivity contribution is 4.78. The zero-order valence-corrected chi connectivity index (χ0v) is 7.17.